The number of aryl methyl sites for hydroxylation is 1. The summed E-state index contributed by atoms with van der Waals surface area (Å²) in [6.45, 7) is 1.95. The molecular weight excluding hydrogens is 362 g/mol. The average Bonchev–Trinajstić information content (AvgIpc) is 3.30. The molecule has 1 aromatic heterocycles. The number of Topliss-reactive ketones (excluding diaryl/α,β-unsaturated/α-hetero) is 1. The maximum Gasteiger partial charge on any atom is 0.301 e. The van der Waals surface area contributed by atoms with Crippen LogP contribution in [0.2, 0.25) is 0 Å². The van der Waals surface area contributed by atoms with E-state index in [9.17, 15) is 14.7 Å². The van der Waals surface area contributed by atoms with Gasteiger partial charge in [0.05, 0.1) is 11.6 Å². The minimum atomic E-state index is -0.765. The zero-order chi connectivity index (χ0) is 19.0. The normalized spacial score (nSPS) is 18.9. The number of carbonyl (C=O) groups is 2. The molecule has 1 aliphatic rings. The van der Waals surface area contributed by atoms with Gasteiger partial charge in [0.1, 0.15) is 11.3 Å². The zero-order valence-corrected chi connectivity index (χ0v) is 15.2. The van der Waals surface area contributed by atoms with Crippen LogP contribution in [0.5, 0.6) is 0 Å². The SMILES string of the molecule is Cc1ccc([C@H]2C(=C(O)c3ccccc3)C(=O)C(=O)N2c2nncs2)cc1. The molecule has 6 nitrogen and oxygen atoms in total. The first-order valence-electron chi connectivity index (χ1n) is 8.27. The highest BCUT2D eigenvalue weighted by Gasteiger charge is 2.48. The fraction of sp³-hybridized carbons (Fsp3) is 0.100. The van der Waals surface area contributed by atoms with E-state index in [2.05, 4.69) is 10.2 Å². The molecule has 2 heterocycles. The van der Waals surface area contributed by atoms with Crippen LogP contribution in [0.15, 0.2) is 65.7 Å². The summed E-state index contributed by atoms with van der Waals surface area (Å²) in [5.41, 5.74) is 3.79. The van der Waals surface area contributed by atoms with Gasteiger partial charge in [-0.05, 0) is 12.5 Å². The first kappa shape index (κ1) is 17.1. The Balaban J connectivity index is 1.94. The first-order valence-corrected chi connectivity index (χ1v) is 9.15. The molecule has 2 aromatic carbocycles. The van der Waals surface area contributed by atoms with Crippen LogP contribution in [0.1, 0.15) is 22.7 Å². The number of ketones is 1. The quantitative estimate of drug-likeness (QED) is 0.429. The highest BCUT2D eigenvalue weighted by molar-refractivity contribution is 7.13. The number of anilines is 1. The molecule has 4 rings (SSSR count). The van der Waals surface area contributed by atoms with E-state index < -0.39 is 17.7 Å². The van der Waals surface area contributed by atoms with Crippen molar-refractivity contribution in [1.29, 1.82) is 0 Å². The molecule has 0 bridgehead atoms. The third kappa shape index (κ3) is 2.92. The molecule has 1 N–H and O–H groups in total. The summed E-state index contributed by atoms with van der Waals surface area (Å²) in [6, 6.07) is 15.5. The number of hydrogen-bond donors (Lipinski definition) is 1. The van der Waals surface area contributed by atoms with Gasteiger partial charge in [-0.1, -0.05) is 71.5 Å². The Hall–Kier alpha value is -3.32. The molecular formula is C20H15N3O3S. The van der Waals surface area contributed by atoms with E-state index in [0.29, 0.717) is 16.3 Å². The second-order valence-electron chi connectivity index (χ2n) is 6.17. The fourth-order valence-corrected chi connectivity index (χ4v) is 3.70. The van der Waals surface area contributed by atoms with Crippen molar-refractivity contribution >= 4 is 33.9 Å². The number of amides is 1. The van der Waals surface area contributed by atoms with Gasteiger partial charge in [-0.15, -0.1) is 10.2 Å². The number of rotatable bonds is 3. The molecule has 1 fully saturated rings. The number of aromatic nitrogens is 2. The standard InChI is InChI=1S/C20H15N3O3S/c1-12-7-9-13(10-8-12)16-15(17(24)14-5-3-2-4-6-14)18(25)19(26)23(16)20-22-21-11-27-20/h2-11,16,24H,1H3/t16-/m0/s1. The topological polar surface area (TPSA) is 83.4 Å². The molecule has 27 heavy (non-hydrogen) atoms. The lowest BCUT2D eigenvalue weighted by molar-refractivity contribution is -0.132. The summed E-state index contributed by atoms with van der Waals surface area (Å²) < 4.78 is 0. The highest BCUT2D eigenvalue weighted by Crippen LogP contribution is 2.42. The molecule has 3 aromatic rings. The number of hydrogen-bond acceptors (Lipinski definition) is 6. The Morgan fingerprint density at radius 2 is 1.78 bits per heavy atom. The Bertz CT molecular complexity index is 1030. The summed E-state index contributed by atoms with van der Waals surface area (Å²) in [5, 5.41) is 18.9. The van der Waals surface area contributed by atoms with E-state index in [-0.39, 0.29) is 11.3 Å². The van der Waals surface area contributed by atoms with Crippen LogP contribution in [-0.4, -0.2) is 27.0 Å². The van der Waals surface area contributed by atoms with Crippen molar-refractivity contribution in [2.45, 2.75) is 13.0 Å². The minimum absolute atomic E-state index is 0.0465. The number of aliphatic hydroxyl groups is 1. The molecule has 1 aliphatic heterocycles. The van der Waals surface area contributed by atoms with Crippen molar-refractivity contribution in [3.05, 3.63) is 82.4 Å². The van der Waals surface area contributed by atoms with E-state index in [4.69, 9.17) is 0 Å². The Labute approximate surface area is 159 Å². The zero-order valence-electron chi connectivity index (χ0n) is 14.4. The number of nitrogens with zero attached hydrogens (tertiary/aromatic N) is 3. The van der Waals surface area contributed by atoms with Gasteiger partial charge in [0.15, 0.2) is 0 Å². The van der Waals surface area contributed by atoms with Crippen LogP contribution < -0.4 is 4.90 Å². The number of carbonyl (C=O) groups excluding carboxylic acids is 2. The highest BCUT2D eigenvalue weighted by atomic mass is 32.1. The third-order valence-electron chi connectivity index (χ3n) is 4.44. The molecule has 1 amide bonds. The van der Waals surface area contributed by atoms with Crippen molar-refractivity contribution in [3.8, 4) is 0 Å². The number of benzene rings is 2. The van der Waals surface area contributed by atoms with E-state index in [1.54, 1.807) is 24.3 Å². The molecule has 1 atom stereocenters. The van der Waals surface area contributed by atoms with E-state index >= 15 is 0 Å². The average molecular weight is 377 g/mol. The molecule has 0 spiro atoms. The van der Waals surface area contributed by atoms with Gasteiger partial charge in [-0.3, -0.25) is 14.5 Å². The van der Waals surface area contributed by atoms with Gasteiger partial charge in [0.25, 0.3) is 5.78 Å². The van der Waals surface area contributed by atoms with Crippen LogP contribution in [0, 0.1) is 6.92 Å². The second kappa shape index (κ2) is 6.77. The van der Waals surface area contributed by atoms with Crippen LogP contribution >= 0.6 is 11.3 Å². The van der Waals surface area contributed by atoms with E-state index in [0.717, 1.165) is 16.9 Å². The minimum Gasteiger partial charge on any atom is -0.507 e. The van der Waals surface area contributed by atoms with Crippen LogP contribution in [-0.2, 0) is 9.59 Å². The van der Waals surface area contributed by atoms with Crippen molar-refractivity contribution in [3.63, 3.8) is 0 Å². The first-order chi connectivity index (χ1) is 13.1. The molecule has 0 unspecified atom stereocenters. The van der Waals surface area contributed by atoms with Crippen LogP contribution in [0.3, 0.4) is 0 Å². The predicted molar refractivity (Wildman–Crippen MR) is 102 cm³/mol. The van der Waals surface area contributed by atoms with Crippen molar-refractivity contribution in [2.24, 2.45) is 0 Å². The largest absolute Gasteiger partial charge is 0.507 e. The maximum absolute atomic E-state index is 12.8. The Kier molecular flexibility index (Phi) is 4.29. The summed E-state index contributed by atoms with van der Waals surface area (Å²) >= 11 is 1.16. The maximum atomic E-state index is 12.8. The molecule has 7 heteroatoms. The van der Waals surface area contributed by atoms with Gasteiger partial charge < -0.3 is 5.11 Å². The van der Waals surface area contributed by atoms with E-state index in [1.807, 2.05) is 37.3 Å². The summed E-state index contributed by atoms with van der Waals surface area (Å²) in [4.78, 5) is 26.9. The number of aliphatic hydroxyl groups excluding tert-OH is 1. The van der Waals surface area contributed by atoms with Crippen molar-refractivity contribution in [1.82, 2.24) is 10.2 Å². The third-order valence-corrected chi connectivity index (χ3v) is 5.13. The lowest BCUT2D eigenvalue weighted by Crippen LogP contribution is -2.29. The van der Waals surface area contributed by atoms with Gasteiger partial charge in [0.2, 0.25) is 5.13 Å². The van der Waals surface area contributed by atoms with Crippen molar-refractivity contribution in [2.75, 3.05) is 4.90 Å². The van der Waals surface area contributed by atoms with Crippen LogP contribution in [0.4, 0.5) is 5.13 Å². The van der Waals surface area contributed by atoms with E-state index in [1.165, 1.54) is 10.4 Å². The Morgan fingerprint density at radius 1 is 1.07 bits per heavy atom. The summed E-state index contributed by atoms with van der Waals surface area (Å²) in [5.74, 6) is -1.67. The molecule has 0 aliphatic carbocycles. The van der Waals surface area contributed by atoms with Gasteiger partial charge in [-0.2, -0.15) is 0 Å². The summed E-state index contributed by atoms with van der Waals surface area (Å²) in [6.07, 6.45) is 0. The van der Waals surface area contributed by atoms with Gasteiger partial charge in [0, 0.05) is 5.56 Å². The molecule has 1 saturated heterocycles. The van der Waals surface area contributed by atoms with Gasteiger partial charge >= 0.3 is 5.91 Å². The van der Waals surface area contributed by atoms with Crippen LogP contribution in [0.25, 0.3) is 5.76 Å². The molecule has 134 valence electrons. The lowest BCUT2D eigenvalue weighted by Gasteiger charge is -2.22. The molecule has 0 radical (unpaired) electrons. The predicted octanol–water partition coefficient (Wildman–Crippen LogP) is 3.47. The van der Waals surface area contributed by atoms with Crippen molar-refractivity contribution < 1.29 is 14.7 Å². The Morgan fingerprint density at radius 3 is 2.41 bits per heavy atom. The fourth-order valence-electron chi connectivity index (χ4n) is 3.12. The van der Waals surface area contributed by atoms with Gasteiger partial charge in [-0.25, -0.2) is 0 Å². The smallest absolute Gasteiger partial charge is 0.301 e. The summed E-state index contributed by atoms with van der Waals surface area (Å²) in [7, 11) is 0. The molecule has 0 saturated carbocycles. The monoisotopic (exact) mass is 377 g/mol. The second-order valence-corrected chi connectivity index (χ2v) is 6.98. The lowest BCUT2D eigenvalue weighted by atomic mass is 9.95.